The number of nitrogens with zero attached hydrogens (tertiary/aromatic N) is 3. The van der Waals surface area contributed by atoms with Crippen molar-refractivity contribution in [1.82, 2.24) is 4.98 Å². The van der Waals surface area contributed by atoms with Crippen molar-refractivity contribution in [3.63, 3.8) is 0 Å². The summed E-state index contributed by atoms with van der Waals surface area (Å²) < 4.78 is 63.1. The number of nitrogens with one attached hydrogen (secondary N) is 2. The maximum absolute atomic E-state index is 12.7. The number of anilines is 1. The van der Waals surface area contributed by atoms with Gasteiger partial charge in [-0.05, 0) is 30.3 Å². The molecule has 0 radical (unpaired) electrons. The van der Waals surface area contributed by atoms with E-state index in [0.717, 1.165) is 12.1 Å². The second-order valence-corrected chi connectivity index (χ2v) is 7.41. The van der Waals surface area contributed by atoms with E-state index in [-0.39, 0.29) is 16.3 Å². The number of amidine groups is 1. The first-order chi connectivity index (χ1) is 13.0. The Hall–Kier alpha value is -3.17. The first-order valence-corrected chi connectivity index (χ1v) is 8.99. The molecule has 4 N–H and O–H groups in total. The zero-order valence-electron chi connectivity index (χ0n) is 13.6. The van der Waals surface area contributed by atoms with Gasteiger partial charge in [-0.2, -0.15) is 23.5 Å². The maximum Gasteiger partial charge on any atom is 0.417 e. The van der Waals surface area contributed by atoms with Crippen molar-refractivity contribution in [2.45, 2.75) is 16.1 Å². The number of hydrogen-bond donors (Lipinski definition) is 3. The Kier molecular flexibility index (Phi) is 5.91. The molecule has 0 atom stereocenters. The molecule has 0 saturated heterocycles. The molecule has 0 aliphatic carbocycles. The van der Waals surface area contributed by atoms with Crippen LogP contribution in [0.5, 0.6) is 0 Å². The Morgan fingerprint density at radius 1 is 1.32 bits per heavy atom. The molecular weight excluding hydrogens is 421 g/mol. The molecule has 0 fully saturated rings. The van der Waals surface area contributed by atoms with E-state index in [1.165, 1.54) is 12.1 Å². The van der Waals surface area contributed by atoms with E-state index < -0.39 is 37.5 Å². The van der Waals surface area contributed by atoms with Crippen LogP contribution in [-0.2, 0) is 16.0 Å². The standard InChI is InChI=1S/C15H10ClF3N6O2S/c16-11-5-8(15(17,18)19)7-23-14(11)28(26,27)10-3-1-9(2-4-10)24-25-12(6-20)13(21)22/h1-5,7,24H,(H3,21,22)/b25-12+. The van der Waals surface area contributed by atoms with Crippen LogP contribution < -0.4 is 11.2 Å². The van der Waals surface area contributed by atoms with E-state index in [1.54, 1.807) is 6.07 Å². The van der Waals surface area contributed by atoms with Crippen LogP contribution in [0.1, 0.15) is 5.56 Å². The molecule has 1 aromatic carbocycles. The van der Waals surface area contributed by atoms with Gasteiger partial charge in [-0.25, -0.2) is 13.4 Å². The molecule has 0 spiro atoms. The van der Waals surface area contributed by atoms with Gasteiger partial charge in [0.05, 0.1) is 21.2 Å². The van der Waals surface area contributed by atoms with Crippen LogP contribution in [0.4, 0.5) is 18.9 Å². The number of benzene rings is 1. The number of hydrazone groups is 1. The van der Waals surface area contributed by atoms with Crippen molar-refractivity contribution in [2.24, 2.45) is 10.8 Å². The lowest BCUT2D eigenvalue weighted by atomic mass is 10.3. The molecule has 1 aromatic heterocycles. The number of nitrogens with two attached hydrogens (primary N) is 1. The Morgan fingerprint density at radius 2 is 1.93 bits per heavy atom. The van der Waals surface area contributed by atoms with E-state index in [0.29, 0.717) is 12.3 Å². The van der Waals surface area contributed by atoms with Crippen molar-refractivity contribution in [1.29, 1.82) is 10.7 Å². The van der Waals surface area contributed by atoms with E-state index in [9.17, 15) is 21.6 Å². The Balaban J connectivity index is 2.33. The van der Waals surface area contributed by atoms with Crippen molar-refractivity contribution in [3.8, 4) is 6.07 Å². The SMILES string of the molecule is N#C/C(=N\Nc1ccc(S(=O)(=O)c2ncc(C(F)(F)F)cc2Cl)cc1)C(=N)N. The van der Waals surface area contributed by atoms with Gasteiger partial charge in [0.25, 0.3) is 0 Å². The lowest BCUT2D eigenvalue weighted by Gasteiger charge is -2.10. The van der Waals surface area contributed by atoms with E-state index in [2.05, 4.69) is 15.5 Å². The molecule has 0 unspecified atom stereocenters. The van der Waals surface area contributed by atoms with Gasteiger partial charge in [-0.15, -0.1) is 0 Å². The summed E-state index contributed by atoms with van der Waals surface area (Å²) in [6, 6.07) is 6.92. The molecule has 0 saturated carbocycles. The molecular formula is C15H10ClF3N6O2S. The number of halogens is 4. The van der Waals surface area contributed by atoms with Crippen molar-refractivity contribution < 1.29 is 21.6 Å². The number of pyridine rings is 1. The molecule has 2 aromatic rings. The maximum atomic E-state index is 12.7. The van der Waals surface area contributed by atoms with Crippen LogP contribution in [0.15, 0.2) is 51.6 Å². The second-order valence-electron chi connectivity index (χ2n) is 5.13. The summed E-state index contributed by atoms with van der Waals surface area (Å²) in [6.07, 6.45) is -4.33. The van der Waals surface area contributed by atoms with E-state index in [4.69, 9.17) is 28.0 Å². The number of nitriles is 1. The highest BCUT2D eigenvalue weighted by atomic mass is 35.5. The van der Waals surface area contributed by atoms with Crippen LogP contribution in [0, 0.1) is 16.7 Å². The first kappa shape index (κ1) is 21.1. The van der Waals surface area contributed by atoms with Gasteiger partial charge in [0.15, 0.2) is 10.9 Å². The van der Waals surface area contributed by atoms with Crippen LogP contribution in [-0.4, -0.2) is 24.9 Å². The van der Waals surface area contributed by atoms with Gasteiger partial charge < -0.3 is 5.73 Å². The molecule has 0 aliphatic rings. The molecule has 13 heteroatoms. The van der Waals surface area contributed by atoms with Crippen LogP contribution >= 0.6 is 11.6 Å². The molecule has 146 valence electrons. The zero-order chi connectivity index (χ0) is 21.1. The van der Waals surface area contributed by atoms with Crippen molar-refractivity contribution >= 4 is 38.7 Å². The number of hydrogen-bond acceptors (Lipinski definition) is 7. The summed E-state index contributed by atoms with van der Waals surface area (Å²) in [5.74, 6) is -0.558. The number of alkyl halides is 3. The predicted molar refractivity (Wildman–Crippen MR) is 94.7 cm³/mol. The summed E-state index contributed by atoms with van der Waals surface area (Å²) in [7, 11) is -4.28. The quantitative estimate of drug-likeness (QED) is 0.377. The summed E-state index contributed by atoms with van der Waals surface area (Å²) in [5.41, 5.74) is 6.26. The minimum absolute atomic E-state index is 0.263. The Morgan fingerprint density at radius 3 is 2.39 bits per heavy atom. The molecule has 0 aliphatic heterocycles. The van der Waals surface area contributed by atoms with E-state index >= 15 is 0 Å². The normalized spacial score (nSPS) is 12.3. The topological polar surface area (TPSA) is 145 Å². The minimum atomic E-state index is -4.71. The summed E-state index contributed by atoms with van der Waals surface area (Å²) >= 11 is 5.70. The monoisotopic (exact) mass is 430 g/mol. The molecule has 1 heterocycles. The smallest absolute Gasteiger partial charge is 0.382 e. The average Bonchev–Trinajstić information content (AvgIpc) is 2.61. The van der Waals surface area contributed by atoms with Crippen molar-refractivity contribution in [2.75, 3.05) is 5.43 Å². The van der Waals surface area contributed by atoms with Gasteiger partial charge in [0.2, 0.25) is 15.5 Å². The van der Waals surface area contributed by atoms with Gasteiger partial charge in [0.1, 0.15) is 6.07 Å². The number of aromatic nitrogens is 1. The highest BCUT2D eigenvalue weighted by Gasteiger charge is 2.33. The van der Waals surface area contributed by atoms with E-state index in [1.807, 2.05) is 0 Å². The molecule has 0 amide bonds. The zero-order valence-corrected chi connectivity index (χ0v) is 15.2. The van der Waals surface area contributed by atoms with Gasteiger partial charge in [-0.1, -0.05) is 11.6 Å². The highest BCUT2D eigenvalue weighted by molar-refractivity contribution is 7.91. The van der Waals surface area contributed by atoms with Crippen molar-refractivity contribution in [3.05, 3.63) is 47.1 Å². The number of sulfone groups is 1. The Labute approximate surface area is 161 Å². The minimum Gasteiger partial charge on any atom is -0.382 e. The fourth-order valence-corrected chi connectivity index (χ4v) is 3.56. The predicted octanol–water partition coefficient (Wildman–Crippen LogP) is 2.81. The fraction of sp³-hybridized carbons (Fsp3) is 0.0667. The Bertz CT molecular complexity index is 1090. The molecule has 2 rings (SSSR count). The van der Waals surface area contributed by atoms with Crippen LogP contribution in [0.2, 0.25) is 5.02 Å². The number of rotatable bonds is 5. The molecule has 8 nitrogen and oxygen atoms in total. The summed E-state index contributed by atoms with van der Waals surface area (Å²) in [6.45, 7) is 0. The highest BCUT2D eigenvalue weighted by Crippen LogP contribution is 2.33. The molecule has 28 heavy (non-hydrogen) atoms. The third-order valence-electron chi connectivity index (χ3n) is 3.21. The summed E-state index contributed by atoms with van der Waals surface area (Å²) in [5, 5.41) is 18.0. The molecule has 0 bridgehead atoms. The third kappa shape index (κ3) is 4.56. The fourth-order valence-electron chi connectivity index (χ4n) is 1.86. The lowest BCUT2D eigenvalue weighted by Crippen LogP contribution is -2.21. The second kappa shape index (κ2) is 7.83. The van der Waals surface area contributed by atoms with Gasteiger partial charge in [-0.3, -0.25) is 10.8 Å². The van der Waals surface area contributed by atoms with Crippen LogP contribution in [0.3, 0.4) is 0 Å². The van der Waals surface area contributed by atoms with Gasteiger partial charge >= 0.3 is 6.18 Å². The van der Waals surface area contributed by atoms with Gasteiger partial charge in [0, 0.05) is 6.20 Å². The largest absolute Gasteiger partial charge is 0.417 e. The lowest BCUT2D eigenvalue weighted by molar-refractivity contribution is -0.137. The van der Waals surface area contributed by atoms with Crippen LogP contribution in [0.25, 0.3) is 0 Å². The third-order valence-corrected chi connectivity index (χ3v) is 5.34. The average molecular weight is 431 g/mol. The summed E-state index contributed by atoms with van der Waals surface area (Å²) in [4.78, 5) is 3.08. The first-order valence-electron chi connectivity index (χ1n) is 7.13.